The van der Waals surface area contributed by atoms with E-state index in [-0.39, 0.29) is 17.7 Å². The number of ether oxygens (including phenoxy) is 1. The Bertz CT molecular complexity index is 562. The average Bonchev–Trinajstić information content (AvgIpc) is 3.13. The van der Waals surface area contributed by atoms with Crippen LogP contribution in [0.25, 0.3) is 0 Å². The van der Waals surface area contributed by atoms with Crippen LogP contribution in [0.4, 0.5) is 5.00 Å². The Morgan fingerprint density at radius 1 is 1.29 bits per heavy atom. The van der Waals surface area contributed by atoms with Crippen molar-refractivity contribution in [3.05, 3.63) is 16.0 Å². The van der Waals surface area contributed by atoms with E-state index in [1.807, 2.05) is 0 Å². The van der Waals surface area contributed by atoms with Gasteiger partial charge in [0.05, 0.1) is 18.1 Å². The Labute approximate surface area is 128 Å². The normalized spacial score (nSPS) is 20.9. The SMILES string of the molecule is CNC(=O)c1c(NC(=O)C2CCOC2)sc2c1CCCC2. The zero-order valence-electron chi connectivity index (χ0n) is 12.2. The van der Waals surface area contributed by atoms with Crippen LogP contribution in [-0.4, -0.2) is 32.1 Å². The zero-order valence-corrected chi connectivity index (χ0v) is 13.0. The smallest absolute Gasteiger partial charge is 0.254 e. The number of hydrogen-bond acceptors (Lipinski definition) is 4. The molecular weight excluding hydrogens is 288 g/mol. The highest BCUT2D eigenvalue weighted by Crippen LogP contribution is 2.38. The van der Waals surface area contributed by atoms with E-state index >= 15 is 0 Å². The lowest BCUT2D eigenvalue weighted by Gasteiger charge is -2.12. The van der Waals surface area contributed by atoms with Crippen molar-refractivity contribution in [1.82, 2.24) is 5.32 Å². The van der Waals surface area contributed by atoms with Gasteiger partial charge in [0.1, 0.15) is 5.00 Å². The molecule has 1 atom stereocenters. The van der Waals surface area contributed by atoms with Gasteiger partial charge < -0.3 is 15.4 Å². The number of carbonyl (C=O) groups is 2. The molecule has 2 heterocycles. The van der Waals surface area contributed by atoms with Crippen LogP contribution in [0.5, 0.6) is 0 Å². The van der Waals surface area contributed by atoms with Crippen molar-refractivity contribution in [3.63, 3.8) is 0 Å². The minimum atomic E-state index is -0.104. The topological polar surface area (TPSA) is 67.4 Å². The van der Waals surface area contributed by atoms with Crippen LogP contribution in [0.2, 0.25) is 0 Å². The first kappa shape index (κ1) is 14.5. The number of aryl methyl sites for hydroxylation is 1. The van der Waals surface area contributed by atoms with Crippen molar-refractivity contribution in [3.8, 4) is 0 Å². The van der Waals surface area contributed by atoms with Gasteiger partial charge >= 0.3 is 0 Å². The number of rotatable bonds is 3. The lowest BCUT2D eigenvalue weighted by atomic mass is 9.95. The molecule has 1 aromatic heterocycles. The summed E-state index contributed by atoms with van der Waals surface area (Å²) in [5, 5.41) is 6.36. The molecule has 2 aliphatic rings. The first-order chi connectivity index (χ1) is 10.2. The van der Waals surface area contributed by atoms with Crippen molar-refractivity contribution in [2.75, 3.05) is 25.6 Å². The molecule has 21 heavy (non-hydrogen) atoms. The maximum absolute atomic E-state index is 12.3. The summed E-state index contributed by atoms with van der Waals surface area (Å²) in [6.45, 7) is 1.12. The first-order valence-electron chi connectivity index (χ1n) is 7.46. The van der Waals surface area contributed by atoms with E-state index < -0.39 is 0 Å². The third-order valence-electron chi connectivity index (χ3n) is 4.16. The minimum absolute atomic E-state index is 0.0312. The second-order valence-corrected chi connectivity index (χ2v) is 6.65. The lowest BCUT2D eigenvalue weighted by molar-refractivity contribution is -0.119. The van der Waals surface area contributed by atoms with Crippen LogP contribution in [0.15, 0.2) is 0 Å². The molecule has 0 aromatic carbocycles. The van der Waals surface area contributed by atoms with Crippen LogP contribution in [0.3, 0.4) is 0 Å². The predicted octanol–water partition coefficient (Wildman–Crippen LogP) is 1.96. The van der Waals surface area contributed by atoms with E-state index in [1.54, 1.807) is 18.4 Å². The first-order valence-corrected chi connectivity index (χ1v) is 8.27. The van der Waals surface area contributed by atoms with Crippen molar-refractivity contribution in [2.45, 2.75) is 32.1 Å². The van der Waals surface area contributed by atoms with E-state index in [4.69, 9.17) is 4.74 Å². The Kier molecular flexibility index (Phi) is 4.26. The maximum atomic E-state index is 12.3. The number of hydrogen-bond donors (Lipinski definition) is 2. The maximum Gasteiger partial charge on any atom is 0.254 e. The monoisotopic (exact) mass is 308 g/mol. The summed E-state index contributed by atoms with van der Waals surface area (Å²) in [6, 6.07) is 0. The molecule has 1 fully saturated rings. The summed E-state index contributed by atoms with van der Waals surface area (Å²) in [6.07, 6.45) is 4.96. The van der Waals surface area contributed by atoms with Gasteiger partial charge in [-0.3, -0.25) is 9.59 Å². The van der Waals surface area contributed by atoms with Crippen LogP contribution >= 0.6 is 11.3 Å². The Morgan fingerprint density at radius 3 is 2.81 bits per heavy atom. The molecule has 1 aliphatic heterocycles. The molecule has 0 spiro atoms. The van der Waals surface area contributed by atoms with Crippen LogP contribution in [0, 0.1) is 5.92 Å². The Balaban J connectivity index is 1.88. The highest BCUT2D eigenvalue weighted by molar-refractivity contribution is 7.17. The largest absolute Gasteiger partial charge is 0.381 e. The van der Waals surface area contributed by atoms with Gasteiger partial charge in [0.2, 0.25) is 5.91 Å². The Morgan fingerprint density at radius 2 is 2.10 bits per heavy atom. The summed E-state index contributed by atoms with van der Waals surface area (Å²) in [7, 11) is 1.63. The highest BCUT2D eigenvalue weighted by atomic mass is 32.1. The molecule has 2 amide bonds. The number of thiophene rings is 1. The summed E-state index contributed by atoms with van der Waals surface area (Å²) in [5.41, 5.74) is 1.80. The molecule has 5 nitrogen and oxygen atoms in total. The predicted molar refractivity (Wildman–Crippen MR) is 81.9 cm³/mol. The van der Waals surface area contributed by atoms with Crippen LogP contribution in [-0.2, 0) is 22.4 Å². The van der Waals surface area contributed by atoms with E-state index in [9.17, 15) is 9.59 Å². The summed E-state index contributed by atoms with van der Waals surface area (Å²) in [4.78, 5) is 25.7. The molecule has 3 rings (SSSR count). The molecule has 0 radical (unpaired) electrons. The van der Waals surface area contributed by atoms with Crippen molar-refractivity contribution >= 4 is 28.2 Å². The van der Waals surface area contributed by atoms with Gasteiger partial charge in [0.25, 0.3) is 5.91 Å². The second-order valence-electron chi connectivity index (χ2n) is 5.54. The van der Waals surface area contributed by atoms with Gasteiger partial charge in [0, 0.05) is 18.5 Å². The third-order valence-corrected chi connectivity index (χ3v) is 5.37. The van der Waals surface area contributed by atoms with Gasteiger partial charge in [0.15, 0.2) is 0 Å². The highest BCUT2D eigenvalue weighted by Gasteiger charge is 2.29. The number of nitrogens with one attached hydrogen (secondary N) is 2. The standard InChI is InChI=1S/C15H20N2O3S/c1-16-14(19)12-10-4-2-3-5-11(10)21-15(12)17-13(18)9-6-7-20-8-9/h9H,2-8H2,1H3,(H,16,19)(H,17,18). The molecule has 2 N–H and O–H groups in total. The summed E-state index contributed by atoms with van der Waals surface area (Å²) in [5.74, 6) is -0.231. The Hall–Kier alpha value is -1.40. The van der Waals surface area contributed by atoms with E-state index in [2.05, 4.69) is 10.6 Å². The molecule has 1 aliphatic carbocycles. The van der Waals surface area contributed by atoms with Crippen molar-refractivity contribution < 1.29 is 14.3 Å². The van der Waals surface area contributed by atoms with Gasteiger partial charge in [-0.1, -0.05) is 0 Å². The van der Waals surface area contributed by atoms with Crippen molar-refractivity contribution in [1.29, 1.82) is 0 Å². The molecule has 1 unspecified atom stereocenters. The number of fused-ring (bicyclic) bond motifs is 1. The average molecular weight is 308 g/mol. The quantitative estimate of drug-likeness (QED) is 0.897. The van der Waals surface area contributed by atoms with Gasteiger partial charge in [-0.25, -0.2) is 0 Å². The molecule has 114 valence electrons. The molecule has 0 bridgehead atoms. The molecule has 1 saturated heterocycles. The zero-order chi connectivity index (χ0) is 14.8. The fourth-order valence-electron chi connectivity index (χ4n) is 2.97. The second kappa shape index (κ2) is 6.15. The summed E-state index contributed by atoms with van der Waals surface area (Å²) < 4.78 is 5.26. The van der Waals surface area contributed by atoms with Crippen LogP contribution in [0.1, 0.15) is 40.1 Å². The van der Waals surface area contributed by atoms with Gasteiger partial charge in [-0.2, -0.15) is 0 Å². The van der Waals surface area contributed by atoms with E-state index in [0.717, 1.165) is 37.7 Å². The van der Waals surface area contributed by atoms with Crippen molar-refractivity contribution in [2.24, 2.45) is 5.92 Å². The van der Waals surface area contributed by atoms with E-state index in [1.165, 1.54) is 4.88 Å². The minimum Gasteiger partial charge on any atom is -0.381 e. The number of anilines is 1. The third kappa shape index (κ3) is 2.82. The molecule has 1 aromatic rings. The number of carbonyl (C=O) groups excluding carboxylic acids is 2. The summed E-state index contributed by atoms with van der Waals surface area (Å²) >= 11 is 1.56. The number of amides is 2. The molecule has 0 saturated carbocycles. The van der Waals surface area contributed by atoms with E-state index in [0.29, 0.717) is 23.8 Å². The van der Waals surface area contributed by atoms with Crippen LogP contribution < -0.4 is 10.6 Å². The van der Waals surface area contributed by atoms with Gasteiger partial charge in [-0.15, -0.1) is 11.3 Å². The van der Waals surface area contributed by atoms with Gasteiger partial charge in [-0.05, 0) is 37.7 Å². The fourth-order valence-corrected chi connectivity index (χ4v) is 4.26. The molecular formula is C15H20N2O3S. The molecule has 6 heteroatoms. The lowest BCUT2D eigenvalue weighted by Crippen LogP contribution is -2.25. The fraction of sp³-hybridized carbons (Fsp3) is 0.600.